The molecule has 0 saturated carbocycles. The molecule has 2 aromatic rings. The summed E-state index contributed by atoms with van der Waals surface area (Å²) in [6.45, 7) is 7.74. The van der Waals surface area contributed by atoms with E-state index in [-0.39, 0.29) is 11.7 Å². The topological polar surface area (TPSA) is 56.3 Å². The maximum atomic E-state index is 13.2. The van der Waals surface area contributed by atoms with Crippen molar-refractivity contribution in [3.05, 3.63) is 47.5 Å². The lowest BCUT2D eigenvalue weighted by Gasteiger charge is -2.13. The lowest BCUT2D eigenvalue weighted by Crippen LogP contribution is -3.09. The van der Waals surface area contributed by atoms with Crippen molar-refractivity contribution >= 4 is 18.1 Å². The standard InChI is InChI=1S/C18H24FN5OS/c1-4-10-20-16(25)12-22(3)13-24-18(26)23(11-5-2)17(21-24)14-6-8-15(19)9-7-14/h5-9H,2,4,10-13H2,1,3H3,(H,20,25)/p+1. The van der Waals surface area contributed by atoms with Gasteiger partial charge in [-0.2, -0.15) is 4.68 Å². The quantitative estimate of drug-likeness (QED) is 0.512. The van der Waals surface area contributed by atoms with Crippen LogP contribution in [-0.4, -0.2) is 40.4 Å². The van der Waals surface area contributed by atoms with Gasteiger partial charge in [-0.15, -0.1) is 11.7 Å². The number of rotatable bonds is 9. The first-order valence-electron chi connectivity index (χ1n) is 8.58. The van der Waals surface area contributed by atoms with Gasteiger partial charge in [-0.1, -0.05) is 13.0 Å². The van der Waals surface area contributed by atoms with Crippen LogP contribution in [0.1, 0.15) is 13.3 Å². The molecule has 0 aliphatic carbocycles. The number of quaternary nitrogens is 1. The highest BCUT2D eigenvalue weighted by molar-refractivity contribution is 7.71. The number of likely N-dealkylation sites (N-methyl/N-ethyl adjacent to an activating group) is 1. The molecule has 1 heterocycles. The van der Waals surface area contributed by atoms with E-state index in [1.165, 1.54) is 12.1 Å². The van der Waals surface area contributed by atoms with E-state index in [1.807, 2.05) is 18.5 Å². The molecular weight excluding hydrogens is 353 g/mol. The molecule has 8 heteroatoms. The minimum Gasteiger partial charge on any atom is -0.351 e. The summed E-state index contributed by atoms with van der Waals surface area (Å²) in [5.41, 5.74) is 0.774. The molecule has 0 spiro atoms. The number of halogens is 1. The third-order valence-corrected chi connectivity index (χ3v) is 4.22. The van der Waals surface area contributed by atoms with E-state index in [0.29, 0.717) is 36.9 Å². The van der Waals surface area contributed by atoms with Crippen LogP contribution in [0.3, 0.4) is 0 Å². The zero-order valence-electron chi connectivity index (χ0n) is 15.2. The number of hydrogen-bond donors (Lipinski definition) is 2. The van der Waals surface area contributed by atoms with Gasteiger partial charge in [-0.05, 0) is 42.9 Å². The molecule has 0 bridgehead atoms. The minimum atomic E-state index is -0.302. The first-order chi connectivity index (χ1) is 12.5. The molecule has 2 rings (SSSR count). The highest BCUT2D eigenvalue weighted by Gasteiger charge is 2.16. The van der Waals surface area contributed by atoms with Crippen molar-refractivity contribution < 1.29 is 14.1 Å². The Hall–Kier alpha value is -2.32. The fourth-order valence-electron chi connectivity index (χ4n) is 2.56. The molecular formula is C18H25FN5OS+. The van der Waals surface area contributed by atoms with Gasteiger partial charge in [-0.3, -0.25) is 9.36 Å². The molecule has 0 aliphatic heterocycles. The number of carbonyl (C=O) groups excluding carboxylic acids is 1. The van der Waals surface area contributed by atoms with Gasteiger partial charge in [0.2, 0.25) is 4.77 Å². The number of nitrogens with one attached hydrogen (secondary N) is 2. The van der Waals surface area contributed by atoms with Crippen LogP contribution < -0.4 is 10.2 Å². The van der Waals surface area contributed by atoms with E-state index in [0.717, 1.165) is 16.9 Å². The van der Waals surface area contributed by atoms with Crippen molar-refractivity contribution in [1.82, 2.24) is 19.7 Å². The molecule has 6 nitrogen and oxygen atoms in total. The van der Waals surface area contributed by atoms with Gasteiger partial charge in [0.05, 0.1) is 7.05 Å². The highest BCUT2D eigenvalue weighted by atomic mass is 32.1. The monoisotopic (exact) mass is 378 g/mol. The maximum Gasteiger partial charge on any atom is 0.275 e. The number of allylic oxidation sites excluding steroid dienone is 1. The van der Waals surface area contributed by atoms with E-state index in [4.69, 9.17) is 12.2 Å². The first-order valence-corrected chi connectivity index (χ1v) is 8.99. The summed E-state index contributed by atoms with van der Waals surface area (Å²) < 4.78 is 17.3. The van der Waals surface area contributed by atoms with Crippen LogP contribution in [0.5, 0.6) is 0 Å². The zero-order valence-corrected chi connectivity index (χ0v) is 16.0. The number of aromatic nitrogens is 3. The number of nitrogens with zero attached hydrogens (tertiary/aromatic N) is 3. The molecule has 0 aliphatic rings. The molecule has 1 atom stereocenters. The molecule has 0 saturated heterocycles. The van der Waals surface area contributed by atoms with Crippen molar-refractivity contribution in [2.45, 2.75) is 26.6 Å². The molecule has 26 heavy (non-hydrogen) atoms. The molecule has 0 fully saturated rings. The van der Waals surface area contributed by atoms with Gasteiger partial charge in [0, 0.05) is 18.7 Å². The predicted octanol–water partition coefficient (Wildman–Crippen LogP) is 1.40. The van der Waals surface area contributed by atoms with E-state index in [1.54, 1.807) is 22.9 Å². The highest BCUT2D eigenvalue weighted by Crippen LogP contribution is 2.18. The lowest BCUT2D eigenvalue weighted by atomic mass is 10.2. The van der Waals surface area contributed by atoms with Gasteiger partial charge in [0.1, 0.15) is 5.82 Å². The van der Waals surface area contributed by atoms with Gasteiger partial charge < -0.3 is 10.2 Å². The average molecular weight is 378 g/mol. The first kappa shape index (κ1) is 20.0. The van der Waals surface area contributed by atoms with Crippen LogP contribution >= 0.6 is 12.2 Å². The van der Waals surface area contributed by atoms with Crippen molar-refractivity contribution in [2.24, 2.45) is 0 Å². The smallest absolute Gasteiger partial charge is 0.275 e. The second kappa shape index (κ2) is 9.40. The second-order valence-corrected chi connectivity index (χ2v) is 6.52. The van der Waals surface area contributed by atoms with Crippen LogP contribution in [0.25, 0.3) is 11.4 Å². The van der Waals surface area contributed by atoms with E-state index in [9.17, 15) is 9.18 Å². The lowest BCUT2D eigenvalue weighted by molar-refractivity contribution is -0.895. The van der Waals surface area contributed by atoms with Crippen molar-refractivity contribution in [2.75, 3.05) is 20.1 Å². The van der Waals surface area contributed by atoms with Crippen LogP contribution in [0.2, 0.25) is 0 Å². The molecule has 1 amide bonds. The summed E-state index contributed by atoms with van der Waals surface area (Å²) in [6.07, 6.45) is 2.65. The van der Waals surface area contributed by atoms with E-state index < -0.39 is 0 Å². The van der Waals surface area contributed by atoms with E-state index in [2.05, 4.69) is 17.0 Å². The fraction of sp³-hybridized carbons (Fsp3) is 0.389. The van der Waals surface area contributed by atoms with E-state index >= 15 is 0 Å². The largest absolute Gasteiger partial charge is 0.351 e. The van der Waals surface area contributed by atoms with Crippen LogP contribution in [0.15, 0.2) is 36.9 Å². The Labute approximate surface area is 157 Å². The third kappa shape index (κ3) is 5.09. The number of carbonyl (C=O) groups is 1. The summed E-state index contributed by atoms with van der Waals surface area (Å²) in [5.74, 6) is 0.350. The van der Waals surface area contributed by atoms with Gasteiger partial charge in [0.15, 0.2) is 19.0 Å². The molecule has 1 aromatic heterocycles. The Morgan fingerprint density at radius 3 is 2.73 bits per heavy atom. The Morgan fingerprint density at radius 2 is 2.12 bits per heavy atom. The van der Waals surface area contributed by atoms with Gasteiger partial charge in [-0.25, -0.2) is 4.39 Å². The summed E-state index contributed by atoms with van der Waals surface area (Å²) >= 11 is 5.53. The molecule has 2 N–H and O–H groups in total. The Balaban J connectivity index is 2.22. The van der Waals surface area contributed by atoms with Crippen LogP contribution in [0, 0.1) is 10.6 Å². The van der Waals surface area contributed by atoms with Crippen LogP contribution in [0.4, 0.5) is 4.39 Å². The maximum absolute atomic E-state index is 13.2. The second-order valence-electron chi connectivity index (χ2n) is 6.15. The Bertz CT molecular complexity index is 812. The Kier molecular flexibility index (Phi) is 7.23. The summed E-state index contributed by atoms with van der Waals surface area (Å²) in [5, 5.41) is 7.45. The van der Waals surface area contributed by atoms with Crippen molar-refractivity contribution in [3.8, 4) is 11.4 Å². The summed E-state index contributed by atoms with van der Waals surface area (Å²) in [4.78, 5) is 12.8. The predicted molar refractivity (Wildman–Crippen MR) is 102 cm³/mol. The zero-order chi connectivity index (χ0) is 19.1. The van der Waals surface area contributed by atoms with Gasteiger partial charge >= 0.3 is 0 Å². The average Bonchev–Trinajstić information content (AvgIpc) is 2.90. The summed E-state index contributed by atoms with van der Waals surface area (Å²) in [6, 6.07) is 6.13. The summed E-state index contributed by atoms with van der Waals surface area (Å²) in [7, 11) is 1.91. The molecule has 1 aromatic carbocycles. The van der Waals surface area contributed by atoms with Crippen molar-refractivity contribution in [1.29, 1.82) is 0 Å². The normalized spacial score (nSPS) is 12.0. The Morgan fingerprint density at radius 1 is 1.42 bits per heavy atom. The minimum absolute atomic E-state index is 0.000139. The SMILES string of the molecule is C=CCn1c(-c2ccc(F)cc2)nn(C[NH+](C)CC(=O)NCCC)c1=S. The number of benzene rings is 1. The molecule has 1 unspecified atom stereocenters. The number of amides is 1. The molecule has 140 valence electrons. The van der Waals surface area contributed by atoms with Gasteiger partial charge in [0.25, 0.3) is 5.91 Å². The third-order valence-electron chi connectivity index (χ3n) is 3.79. The fourth-order valence-corrected chi connectivity index (χ4v) is 2.83. The molecule has 0 radical (unpaired) electrons. The van der Waals surface area contributed by atoms with Crippen molar-refractivity contribution in [3.63, 3.8) is 0 Å². The van der Waals surface area contributed by atoms with Crippen LogP contribution in [-0.2, 0) is 18.0 Å². The number of hydrogen-bond acceptors (Lipinski definition) is 3.